The number of hydrogen-bond acceptors (Lipinski definition) is 3. The average Bonchev–Trinajstić information content (AvgIpc) is 3.07. The van der Waals surface area contributed by atoms with Crippen molar-refractivity contribution in [1.82, 2.24) is 0 Å². The lowest BCUT2D eigenvalue weighted by Crippen LogP contribution is -2.27. The van der Waals surface area contributed by atoms with Crippen LogP contribution in [0.15, 0.2) is 48.5 Å². The molecule has 0 bridgehead atoms. The Balaban J connectivity index is 1.72. The highest BCUT2D eigenvalue weighted by Gasteiger charge is 2.34. The van der Waals surface area contributed by atoms with Gasteiger partial charge in [0.15, 0.2) is 0 Å². The third-order valence-electron chi connectivity index (χ3n) is 4.86. The van der Waals surface area contributed by atoms with Gasteiger partial charge in [-0.1, -0.05) is 50.5 Å². The van der Waals surface area contributed by atoms with E-state index in [-0.39, 0.29) is 17.2 Å². The minimum absolute atomic E-state index is 0.0546. The zero-order valence-corrected chi connectivity index (χ0v) is 17.4. The Morgan fingerprint density at radius 3 is 2.75 bits per heavy atom. The first-order valence-electron chi connectivity index (χ1n) is 9.98. The Hall–Kier alpha value is -2.27. The number of unbranched alkanes of at least 4 members (excludes halogenated alkanes) is 3. The first-order chi connectivity index (χ1) is 13.6. The summed E-state index contributed by atoms with van der Waals surface area (Å²) >= 11 is 1.62. The van der Waals surface area contributed by atoms with E-state index in [0.717, 1.165) is 35.3 Å². The molecule has 1 aliphatic rings. The molecule has 5 heteroatoms. The van der Waals surface area contributed by atoms with Gasteiger partial charge in [-0.3, -0.25) is 14.5 Å². The first-order valence-corrected chi connectivity index (χ1v) is 11.0. The second-order valence-corrected chi connectivity index (χ2v) is 8.32. The van der Waals surface area contributed by atoms with Crippen LogP contribution in [0.3, 0.4) is 0 Å². The highest BCUT2D eigenvalue weighted by molar-refractivity contribution is 8.00. The van der Waals surface area contributed by atoms with E-state index in [0.29, 0.717) is 12.2 Å². The van der Waals surface area contributed by atoms with Gasteiger partial charge in [-0.2, -0.15) is 0 Å². The van der Waals surface area contributed by atoms with Gasteiger partial charge in [0, 0.05) is 17.8 Å². The van der Waals surface area contributed by atoms with E-state index in [1.165, 1.54) is 12.8 Å². The van der Waals surface area contributed by atoms with E-state index < -0.39 is 0 Å². The molecule has 2 aromatic rings. The summed E-state index contributed by atoms with van der Waals surface area (Å²) in [6, 6.07) is 15.9. The van der Waals surface area contributed by atoms with Crippen LogP contribution in [0.2, 0.25) is 0 Å². The second kappa shape index (κ2) is 9.78. The summed E-state index contributed by atoms with van der Waals surface area (Å²) < 4.78 is 0. The maximum atomic E-state index is 12.5. The molecule has 0 unspecified atom stereocenters. The molecule has 0 aliphatic carbocycles. The third-order valence-corrected chi connectivity index (χ3v) is 6.07. The van der Waals surface area contributed by atoms with Crippen LogP contribution in [0.1, 0.15) is 55.5 Å². The van der Waals surface area contributed by atoms with Crippen molar-refractivity contribution in [2.75, 3.05) is 16.0 Å². The van der Waals surface area contributed by atoms with E-state index >= 15 is 0 Å². The summed E-state index contributed by atoms with van der Waals surface area (Å²) in [5.74, 6) is 0.636. The molecule has 0 radical (unpaired) electrons. The fourth-order valence-corrected chi connectivity index (χ4v) is 4.60. The van der Waals surface area contributed by atoms with Gasteiger partial charge in [0.2, 0.25) is 11.8 Å². The molecule has 0 aromatic heterocycles. The number of thioether (sulfide) groups is 1. The maximum Gasteiger partial charge on any atom is 0.238 e. The maximum absolute atomic E-state index is 12.5. The molecule has 3 rings (SSSR count). The van der Waals surface area contributed by atoms with Crippen molar-refractivity contribution >= 4 is 35.0 Å². The fourth-order valence-electron chi connectivity index (χ4n) is 3.43. The smallest absolute Gasteiger partial charge is 0.238 e. The largest absolute Gasteiger partial charge is 0.326 e. The molecule has 0 saturated carbocycles. The predicted octanol–water partition coefficient (Wildman–Crippen LogP) is 5.68. The van der Waals surface area contributed by atoms with Crippen molar-refractivity contribution in [3.05, 3.63) is 59.7 Å². The van der Waals surface area contributed by atoms with Crippen LogP contribution in [0.4, 0.5) is 11.4 Å². The van der Waals surface area contributed by atoms with Crippen molar-refractivity contribution < 1.29 is 9.59 Å². The standard InChI is InChI=1S/C23H28N2O2S/c1-3-4-5-6-13-21(26)24-19-11-8-10-18(15-19)23-25(22(27)16-28-23)20-12-7-9-17(2)14-20/h7-12,14-15,23H,3-6,13,16H2,1-2H3,(H,24,26)/t23-/m1/s1. The second-order valence-electron chi connectivity index (χ2n) is 7.25. The van der Waals surface area contributed by atoms with Crippen LogP contribution in [-0.2, 0) is 9.59 Å². The highest BCUT2D eigenvalue weighted by Crippen LogP contribution is 2.42. The number of carbonyl (C=O) groups is 2. The van der Waals surface area contributed by atoms with Crippen molar-refractivity contribution in [1.29, 1.82) is 0 Å². The van der Waals surface area contributed by atoms with E-state index in [1.54, 1.807) is 11.8 Å². The number of hydrogen-bond donors (Lipinski definition) is 1. The van der Waals surface area contributed by atoms with Gasteiger partial charge in [-0.05, 0) is 48.7 Å². The molecule has 4 nitrogen and oxygen atoms in total. The van der Waals surface area contributed by atoms with Crippen molar-refractivity contribution in [2.45, 2.75) is 51.3 Å². The lowest BCUT2D eigenvalue weighted by molar-refractivity contribution is -0.117. The topological polar surface area (TPSA) is 49.4 Å². The summed E-state index contributed by atoms with van der Waals surface area (Å²) in [5, 5.41) is 2.93. The SMILES string of the molecule is CCCCCCC(=O)Nc1cccc([C@H]2SCC(=O)N2c2cccc(C)c2)c1. The number of rotatable bonds is 8. The Morgan fingerprint density at radius 2 is 1.96 bits per heavy atom. The molecular weight excluding hydrogens is 368 g/mol. The van der Waals surface area contributed by atoms with Crippen LogP contribution >= 0.6 is 11.8 Å². The lowest BCUT2D eigenvalue weighted by Gasteiger charge is -2.25. The van der Waals surface area contributed by atoms with Crippen molar-refractivity contribution in [2.24, 2.45) is 0 Å². The summed E-state index contributed by atoms with van der Waals surface area (Å²) in [4.78, 5) is 26.6. The van der Waals surface area contributed by atoms with Crippen LogP contribution in [0.5, 0.6) is 0 Å². The van der Waals surface area contributed by atoms with Gasteiger partial charge < -0.3 is 5.32 Å². The molecule has 1 N–H and O–H groups in total. The zero-order chi connectivity index (χ0) is 19.9. The van der Waals surface area contributed by atoms with Gasteiger partial charge in [0.25, 0.3) is 0 Å². The third kappa shape index (κ3) is 5.16. The molecular formula is C23H28N2O2S. The van der Waals surface area contributed by atoms with Gasteiger partial charge in [0.05, 0.1) is 5.75 Å². The molecule has 1 fully saturated rings. The van der Waals surface area contributed by atoms with E-state index in [4.69, 9.17) is 0 Å². The average molecular weight is 397 g/mol. The Labute approximate surface area is 171 Å². The number of nitrogens with zero attached hydrogens (tertiary/aromatic N) is 1. The van der Waals surface area contributed by atoms with Crippen molar-refractivity contribution in [3.8, 4) is 0 Å². The minimum atomic E-state index is -0.0734. The lowest BCUT2D eigenvalue weighted by atomic mass is 10.1. The van der Waals surface area contributed by atoms with E-state index in [9.17, 15) is 9.59 Å². The van der Waals surface area contributed by atoms with Crippen molar-refractivity contribution in [3.63, 3.8) is 0 Å². The predicted molar refractivity (Wildman–Crippen MR) is 118 cm³/mol. The van der Waals surface area contributed by atoms with E-state index in [2.05, 4.69) is 12.2 Å². The number of benzene rings is 2. The van der Waals surface area contributed by atoms with Gasteiger partial charge in [-0.15, -0.1) is 11.8 Å². The summed E-state index contributed by atoms with van der Waals surface area (Å²) in [6.45, 7) is 4.19. The van der Waals surface area contributed by atoms with Crippen LogP contribution < -0.4 is 10.2 Å². The normalized spacial score (nSPS) is 16.4. The monoisotopic (exact) mass is 396 g/mol. The van der Waals surface area contributed by atoms with Crippen LogP contribution in [0, 0.1) is 6.92 Å². The Morgan fingerprint density at radius 1 is 1.14 bits per heavy atom. The first kappa shape index (κ1) is 20.5. The van der Waals surface area contributed by atoms with E-state index in [1.807, 2.05) is 60.4 Å². The summed E-state index contributed by atoms with van der Waals surface area (Å²) in [7, 11) is 0. The number of carbonyl (C=O) groups excluding carboxylic acids is 2. The molecule has 1 saturated heterocycles. The molecule has 1 atom stereocenters. The Bertz CT molecular complexity index is 837. The van der Waals surface area contributed by atoms with Gasteiger partial charge >= 0.3 is 0 Å². The number of anilines is 2. The summed E-state index contributed by atoms with van der Waals surface area (Å²) in [6.07, 6.45) is 4.91. The fraction of sp³-hybridized carbons (Fsp3) is 0.391. The molecule has 1 heterocycles. The Kier molecular flexibility index (Phi) is 7.15. The summed E-state index contributed by atoms with van der Waals surface area (Å²) in [5.41, 5.74) is 3.87. The van der Waals surface area contributed by atoms with Crippen LogP contribution in [0.25, 0.3) is 0 Å². The number of nitrogens with one attached hydrogen (secondary N) is 1. The molecule has 2 amide bonds. The molecule has 2 aromatic carbocycles. The number of aryl methyl sites for hydroxylation is 1. The highest BCUT2D eigenvalue weighted by atomic mass is 32.2. The minimum Gasteiger partial charge on any atom is -0.326 e. The quantitative estimate of drug-likeness (QED) is 0.584. The number of amides is 2. The van der Waals surface area contributed by atoms with Crippen LogP contribution in [-0.4, -0.2) is 17.6 Å². The van der Waals surface area contributed by atoms with Gasteiger partial charge in [0.1, 0.15) is 5.37 Å². The molecule has 148 valence electrons. The van der Waals surface area contributed by atoms with Gasteiger partial charge in [-0.25, -0.2) is 0 Å². The molecule has 0 spiro atoms. The zero-order valence-electron chi connectivity index (χ0n) is 16.6. The molecule has 1 aliphatic heterocycles. The molecule has 28 heavy (non-hydrogen) atoms.